The summed E-state index contributed by atoms with van der Waals surface area (Å²) in [6, 6.07) is 43.1. The zero-order valence-electron chi connectivity index (χ0n) is 32.3. The van der Waals surface area contributed by atoms with Crippen molar-refractivity contribution >= 4 is 14.1 Å². The van der Waals surface area contributed by atoms with Crippen molar-refractivity contribution in [1.82, 2.24) is 4.90 Å². The highest BCUT2D eigenvalue weighted by molar-refractivity contribution is 6.74. The third-order valence-corrected chi connectivity index (χ3v) is 15.7. The predicted octanol–water partition coefficient (Wildman–Crippen LogP) is 11.9. The summed E-state index contributed by atoms with van der Waals surface area (Å²) in [6.45, 7) is 19.8. The van der Waals surface area contributed by atoms with Gasteiger partial charge in [0.05, 0.1) is 6.10 Å². The number of unbranched alkanes of at least 4 members (excludes halogenated alkanes) is 1. The third kappa shape index (κ3) is 9.35. The molecule has 0 saturated heterocycles. The summed E-state index contributed by atoms with van der Waals surface area (Å²) < 4.78 is 7.72. The van der Waals surface area contributed by atoms with E-state index in [4.69, 9.17) is 4.43 Å². The average molecular weight is 698 g/mol. The van der Waals surface area contributed by atoms with Crippen LogP contribution in [0, 0.1) is 0 Å². The Labute approximate surface area is 309 Å². The predicted molar refractivity (Wildman–Crippen MR) is 217 cm³/mol. The molecule has 0 spiro atoms. The molecule has 0 fully saturated rings. The molecule has 1 aliphatic carbocycles. The number of nitrogens with zero attached hydrogens (tertiary/aromatic N) is 1. The zero-order valence-corrected chi connectivity index (χ0v) is 33.3. The van der Waals surface area contributed by atoms with Crippen molar-refractivity contribution in [3.8, 4) is 0 Å². The van der Waals surface area contributed by atoms with Crippen LogP contribution in [0.1, 0.15) is 89.0 Å². The molecule has 0 bridgehead atoms. The van der Waals surface area contributed by atoms with Gasteiger partial charge in [-0.05, 0) is 84.6 Å². The smallest absolute Gasteiger partial charge is 0.192 e. The molecule has 0 amide bonds. The van der Waals surface area contributed by atoms with Crippen LogP contribution in [-0.2, 0) is 28.7 Å². The normalized spacial score (nSPS) is 17.6. The van der Waals surface area contributed by atoms with Crippen LogP contribution in [0.3, 0.4) is 0 Å². The molecule has 1 aliphatic rings. The number of rotatable bonds is 15. The summed E-state index contributed by atoms with van der Waals surface area (Å²) in [5.41, 5.74) is 9.18. The Balaban J connectivity index is 1.76. The number of carbonyl (C=O) groups excluding carboxylic acids is 1. The molecule has 0 saturated carbocycles. The second-order valence-corrected chi connectivity index (χ2v) is 20.7. The van der Waals surface area contributed by atoms with Crippen molar-refractivity contribution in [2.24, 2.45) is 0 Å². The van der Waals surface area contributed by atoms with E-state index in [0.29, 0.717) is 0 Å². The fourth-order valence-corrected chi connectivity index (χ4v) is 8.63. The highest BCUT2D eigenvalue weighted by atomic mass is 28.4. The summed E-state index contributed by atoms with van der Waals surface area (Å²) in [5.74, 6) is 0.136. The summed E-state index contributed by atoms with van der Waals surface area (Å²) in [7, 11) is -2.36. The van der Waals surface area contributed by atoms with E-state index < -0.39 is 8.32 Å². The van der Waals surface area contributed by atoms with Crippen molar-refractivity contribution in [3.63, 3.8) is 0 Å². The van der Waals surface area contributed by atoms with Gasteiger partial charge in [-0.25, -0.2) is 0 Å². The highest BCUT2D eigenvalue weighted by Crippen LogP contribution is 2.47. The van der Waals surface area contributed by atoms with Gasteiger partial charge in [0.1, 0.15) is 0 Å². The average Bonchev–Trinajstić information content (AvgIpc) is 3.37. The summed E-state index contributed by atoms with van der Waals surface area (Å²) >= 11 is 0. The molecule has 0 radical (unpaired) electrons. The first-order valence-electron chi connectivity index (χ1n) is 18.9. The molecular formula is C47H59NO2Si. The van der Waals surface area contributed by atoms with E-state index in [1.165, 1.54) is 27.8 Å². The number of allylic oxidation sites excluding steroid dienone is 3. The van der Waals surface area contributed by atoms with Crippen molar-refractivity contribution in [1.29, 1.82) is 0 Å². The molecule has 4 aromatic carbocycles. The van der Waals surface area contributed by atoms with Gasteiger partial charge in [0, 0.05) is 30.6 Å². The van der Waals surface area contributed by atoms with E-state index in [9.17, 15) is 4.79 Å². The number of hydrogen-bond acceptors (Lipinski definition) is 3. The Morgan fingerprint density at radius 3 is 1.71 bits per heavy atom. The van der Waals surface area contributed by atoms with Gasteiger partial charge in [-0.1, -0.05) is 161 Å². The molecule has 51 heavy (non-hydrogen) atoms. The van der Waals surface area contributed by atoms with Crippen LogP contribution in [-0.4, -0.2) is 31.1 Å². The van der Waals surface area contributed by atoms with Gasteiger partial charge >= 0.3 is 0 Å². The van der Waals surface area contributed by atoms with Crippen molar-refractivity contribution in [2.75, 3.05) is 0 Å². The number of benzene rings is 4. The lowest BCUT2D eigenvalue weighted by molar-refractivity contribution is -0.112. The third-order valence-electron chi connectivity index (χ3n) is 11.3. The van der Waals surface area contributed by atoms with Crippen LogP contribution >= 0.6 is 0 Å². The molecule has 0 aliphatic heterocycles. The lowest BCUT2D eigenvalue weighted by atomic mass is 9.83. The molecule has 268 valence electrons. The highest BCUT2D eigenvalue weighted by Gasteiger charge is 2.45. The van der Waals surface area contributed by atoms with E-state index in [2.05, 4.69) is 181 Å². The van der Waals surface area contributed by atoms with Crippen molar-refractivity contribution in [3.05, 3.63) is 166 Å². The minimum absolute atomic E-state index is 0.0177. The lowest BCUT2D eigenvalue weighted by Crippen LogP contribution is -2.53. The Morgan fingerprint density at radius 1 is 0.765 bits per heavy atom. The van der Waals surface area contributed by atoms with Gasteiger partial charge < -0.3 is 4.43 Å². The Morgan fingerprint density at radius 2 is 1.24 bits per heavy atom. The van der Waals surface area contributed by atoms with Gasteiger partial charge in [0.15, 0.2) is 14.1 Å². The number of hydrogen-bond donors (Lipinski definition) is 0. The van der Waals surface area contributed by atoms with Gasteiger partial charge in [-0.15, -0.1) is 0 Å². The Kier molecular flexibility index (Phi) is 12.9. The first-order valence-corrected chi connectivity index (χ1v) is 21.9. The monoisotopic (exact) mass is 697 g/mol. The van der Waals surface area contributed by atoms with Crippen LogP contribution in [0.15, 0.2) is 144 Å². The van der Waals surface area contributed by atoms with E-state index in [0.717, 1.165) is 55.5 Å². The van der Waals surface area contributed by atoms with Crippen molar-refractivity contribution < 1.29 is 9.22 Å². The molecule has 4 heteroatoms. The molecule has 3 atom stereocenters. The lowest BCUT2D eigenvalue weighted by Gasteiger charge is -2.45. The minimum atomic E-state index is -2.36. The SMILES string of the molecule is CCCCC1=C(C)[C@@H](c2ccccc2)/C(=C(\C)[C@@H](O[Si](C)(C)C(C)(C)C)[C@H](Cc2ccccc2)N(Cc2ccccc2)Cc2ccccc2)C1=O. The Bertz CT molecular complexity index is 1730. The van der Waals surface area contributed by atoms with Crippen molar-refractivity contribution in [2.45, 2.75) is 117 Å². The van der Waals surface area contributed by atoms with Crippen LogP contribution in [0.5, 0.6) is 0 Å². The molecule has 0 N–H and O–H groups in total. The molecule has 0 aromatic heterocycles. The van der Waals surface area contributed by atoms with Gasteiger partial charge in [-0.3, -0.25) is 9.69 Å². The summed E-state index contributed by atoms with van der Waals surface area (Å²) in [6.07, 6.45) is 3.37. The Hall–Kier alpha value is -3.83. The second-order valence-electron chi connectivity index (χ2n) is 16.0. The molecule has 0 unspecified atom stereocenters. The van der Waals surface area contributed by atoms with E-state index in [1.807, 2.05) is 0 Å². The first-order chi connectivity index (χ1) is 24.4. The van der Waals surface area contributed by atoms with E-state index in [-0.39, 0.29) is 28.9 Å². The van der Waals surface area contributed by atoms with E-state index in [1.54, 1.807) is 0 Å². The summed E-state index contributed by atoms with van der Waals surface area (Å²) in [4.78, 5) is 17.5. The molecule has 3 nitrogen and oxygen atoms in total. The topological polar surface area (TPSA) is 29.5 Å². The maximum absolute atomic E-state index is 14.9. The number of carbonyl (C=O) groups is 1. The minimum Gasteiger partial charge on any atom is -0.409 e. The van der Waals surface area contributed by atoms with Crippen LogP contribution in [0.25, 0.3) is 0 Å². The molecule has 5 rings (SSSR count). The van der Waals surface area contributed by atoms with Crippen LogP contribution in [0.4, 0.5) is 0 Å². The fourth-order valence-electron chi connectivity index (χ4n) is 7.31. The number of Topliss-reactive ketones (excluding diaryl/α,β-unsaturated/α-hetero) is 1. The quantitative estimate of drug-likeness (QED) is 0.0915. The molecular weight excluding hydrogens is 639 g/mol. The van der Waals surface area contributed by atoms with Crippen LogP contribution in [0.2, 0.25) is 18.1 Å². The van der Waals surface area contributed by atoms with Gasteiger partial charge in [-0.2, -0.15) is 0 Å². The molecule has 4 aromatic rings. The standard InChI is InChI=1S/C47H59NO2Si/c1-9-10-31-41-35(2)43(40-29-21-14-22-30-40)44(45(41)49)36(3)46(50-51(7,8)47(4,5)6)42(32-37-23-15-11-16-24-37)48(33-38-25-17-12-18-26-38)34-39-27-19-13-20-28-39/h11-30,42-43,46H,9-10,31-34H2,1-8H3/b44-36-/t42-,43-,46+/m0/s1. The van der Waals surface area contributed by atoms with Gasteiger partial charge in [0.2, 0.25) is 0 Å². The largest absolute Gasteiger partial charge is 0.409 e. The van der Waals surface area contributed by atoms with Crippen LogP contribution < -0.4 is 0 Å². The van der Waals surface area contributed by atoms with E-state index >= 15 is 0 Å². The van der Waals surface area contributed by atoms with Gasteiger partial charge in [0.25, 0.3) is 0 Å². The maximum Gasteiger partial charge on any atom is 0.192 e. The fraction of sp³-hybridized carbons (Fsp3) is 0.383. The zero-order chi connectivity index (χ0) is 36.6. The molecule has 0 heterocycles. The number of ketones is 1. The summed E-state index contributed by atoms with van der Waals surface area (Å²) in [5, 5.41) is -0.0177. The second kappa shape index (κ2) is 17.1. The maximum atomic E-state index is 14.9. The first kappa shape index (κ1) is 38.4.